The monoisotopic (exact) mass is 1490 g/mol. The molecular formula is C51H116O32P8. The maximum atomic E-state index is 11.6. The van der Waals surface area contributed by atoms with Crippen LogP contribution >= 0.6 is 62.6 Å². The van der Waals surface area contributed by atoms with Gasteiger partial charge >= 0.3 is 62.6 Å². The van der Waals surface area contributed by atoms with E-state index in [4.69, 9.17) is 109 Å². The molecule has 8 fully saturated rings. The van der Waals surface area contributed by atoms with Gasteiger partial charge in [0, 0.05) is 19.3 Å². The van der Waals surface area contributed by atoms with Gasteiger partial charge in [0.25, 0.3) is 0 Å². The highest BCUT2D eigenvalue weighted by Crippen LogP contribution is 2.61. The van der Waals surface area contributed by atoms with Crippen molar-refractivity contribution in [2.75, 3.05) is 79.3 Å². The van der Waals surface area contributed by atoms with Crippen LogP contribution in [0.15, 0.2) is 0 Å². The summed E-state index contributed by atoms with van der Waals surface area (Å²) in [6, 6.07) is 0. The third kappa shape index (κ3) is 38.9. The summed E-state index contributed by atoms with van der Waals surface area (Å²) in [5, 5.41) is 0. The maximum Gasteiger partial charge on any atom is 0.475 e. The van der Waals surface area contributed by atoms with Crippen LogP contribution < -0.4 is 0 Å². The second kappa shape index (κ2) is 47.1. The van der Waals surface area contributed by atoms with Crippen molar-refractivity contribution in [3.05, 3.63) is 0 Å². The molecule has 0 aromatic heterocycles. The van der Waals surface area contributed by atoms with E-state index < -0.39 is 62.6 Å². The van der Waals surface area contributed by atoms with Crippen LogP contribution in [0.25, 0.3) is 0 Å². The summed E-state index contributed by atoms with van der Waals surface area (Å²) in [7, 11) is -25.4. The molecule has 0 spiro atoms. The van der Waals surface area contributed by atoms with Crippen molar-refractivity contribution in [2.45, 2.75) is 260 Å². The largest absolute Gasteiger partial charge is 0.475 e. The van der Waals surface area contributed by atoms with Crippen LogP contribution in [-0.2, 0) is 145 Å². The van der Waals surface area contributed by atoms with Crippen molar-refractivity contribution in [1.82, 2.24) is 0 Å². The van der Waals surface area contributed by atoms with Gasteiger partial charge in [-0.05, 0) is 145 Å². The van der Waals surface area contributed by atoms with E-state index in [1.54, 1.807) is 55.4 Å². The van der Waals surface area contributed by atoms with Crippen LogP contribution in [0.5, 0.6) is 0 Å². The third-order valence-corrected chi connectivity index (χ3v) is 25.1. The Labute approximate surface area is 544 Å². The Bertz CT molecular complexity index is 2040. The molecule has 32 nitrogen and oxygen atoms in total. The molecule has 0 aliphatic carbocycles. The average molecular weight is 1490 g/mol. The summed E-state index contributed by atoms with van der Waals surface area (Å²) in [5.74, 6) is 0. The fourth-order valence-electron chi connectivity index (χ4n) is 7.43. The lowest BCUT2D eigenvalue weighted by atomic mass is 10.2. The zero-order valence-corrected chi connectivity index (χ0v) is 62.0. The Morgan fingerprint density at radius 3 is 0.549 bits per heavy atom. The van der Waals surface area contributed by atoms with Crippen LogP contribution in [0, 0.1) is 0 Å². The van der Waals surface area contributed by atoms with E-state index in [9.17, 15) is 36.5 Å². The number of phosphoric acid groups is 8. The Kier molecular flexibility index (Phi) is 49.7. The smallest absolute Gasteiger partial charge is 0.287 e. The van der Waals surface area contributed by atoms with E-state index in [2.05, 4.69) is 0 Å². The van der Waals surface area contributed by atoms with Gasteiger partial charge in [-0.3, -0.25) is 109 Å². The van der Waals surface area contributed by atoms with Crippen molar-refractivity contribution >= 4 is 62.6 Å². The predicted octanol–water partition coefficient (Wildman–Crippen LogP) is 17.6. The van der Waals surface area contributed by atoms with E-state index in [-0.39, 0.29) is 95.5 Å². The highest BCUT2D eigenvalue weighted by Gasteiger charge is 2.44. The van der Waals surface area contributed by atoms with Crippen molar-refractivity contribution in [2.24, 2.45) is 0 Å². The quantitative estimate of drug-likeness (QED) is 0.130. The van der Waals surface area contributed by atoms with Crippen molar-refractivity contribution in [3.8, 4) is 0 Å². The Balaban J connectivity index is -0.000000969. The van der Waals surface area contributed by atoms with Crippen LogP contribution in [0.3, 0.4) is 0 Å². The van der Waals surface area contributed by atoms with Crippen molar-refractivity contribution in [1.29, 1.82) is 0 Å². The molecule has 8 aliphatic rings. The molecule has 12 atom stereocenters. The maximum absolute atomic E-state index is 11.6. The van der Waals surface area contributed by atoms with E-state index in [0.717, 1.165) is 25.7 Å². The van der Waals surface area contributed by atoms with Gasteiger partial charge in [-0.15, -0.1) is 0 Å². The van der Waals surface area contributed by atoms with Gasteiger partial charge in [0.05, 0.1) is 153 Å². The molecule has 8 heterocycles. The van der Waals surface area contributed by atoms with E-state index in [1.807, 2.05) is 83.1 Å². The van der Waals surface area contributed by atoms with E-state index in [0.29, 0.717) is 79.3 Å². The standard InChI is InChI=1S/3C7H15O4P.3C6H13O4P.C5H11O4P.C4H9O4P.3CH4/c3*1-4-9-12(8)10-6(2)5-7(3)11-12;3*1-4-8-11(7)9-5(2)6(3)10-11;1-2-7-10(6)8-4-3-5-9-10;1-2-6-9(5)7-3-4-8-9;;;/h3*6-7H,4-5H2,1-3H3;3*5-6H,4H2,1-3H3;2-5H2,1H3;2-4H2,1H3;3*1H4/t2*6-,7-;;2*5-,6-;;;;;;/m10.10....../s1. The molecule has 0 aromatic carbocycles. The molecule has 0 aromatic rings. The SMILES string of the molecule is C.C.C.CCOP1(=O)OC(C)C(C)O1.CCOP1(=O)OC(C)CC(C)O1.CCOP1(=O)OCCCO1.CCOP1(=O)OCCO1.CCOP1(=O)O[C@@H](C)C[C@H](C)O1.CCOP1(=O)O[C@@H](C)[C@H](C)O1.CCOP1(=O)O[C@H](C)C[C@@H](C)O1.CCOP1(=O)O[C@H](C)[C@@H](C)O1. The molecule has 0 N–H and O–H groups in total. The third-order valence-electron chi connectivity index (χ3n) is 11.3. The van der Waals surface area contributed by atoms with Gasteiger partial charge in [0.1, 0.15) is 0 Å². The summed E-state index contributed by atoms with van der Waals surface area (Å²) in [6.07, 6.45) is 1.90. The van der Waals surface area contributed by atoms with E-state index >= 15 is 0 Å². The first kappa shape index (κ1) is 96.1. The lowest BCUT2D eigenvalue weighted by Crippen LogP contribution is -2.24. The Morgan fingerprint density at radius 2 is 0.385 bits per heavy atom. The second-order valence-electron chi connectivity index (χ2n) is 19.7. The summed E-state index contributed by atoms with van der Waals surface area (Å²) >= 11 is 0. The Morgan fingerprint density at radius 1 is 0.242 bits per heavy atom. The summed E-state index contributed by atoms with van der Waals surface area (Å²) in [5.41, 5.74) is 0. The summed E-state index contributed by atoms with van der Waals surface area (Å²) in [6.45, 7) is 40.5. The van der Waals surface area contributed by atoms with E-state index in [1.165, 1.54) is 0 Å². The molecule has 0 amide bonds. The fraction of sp³-hybridized carbons (Fsp3) is 1.00. The molecule has 0 saturated carbocycles. The molecule has 0 radical (unpaired) electrons. The fourth-order valence-corrected chi connectivity index (χ4v) is 19.4. The van der Waals surface area contributed by atoms with Crippen molar-refractivity contribution < 1.29 is 145 Å². The molecule has 91 heavy (non-hydrogen) atoms. The lowest BCUT2D eigenvalue weighted by Gasteiger charge is -2.30. The second-order valence-corrected chi connectivity index (χ2v) is 32.5. The first-order chi connectivity index (χ1) is 40.9. The number of hydrogen-bond donors (Lipinski definition) is 0. The van der Waals surface area contributed by atoms with Gasteiger partial charge in [-0.1, -0.05) is 22.3 Å². The Hall–Kier alpha value is 0.880. The van der Waals surface area contributed by atoms with Gasteiger partial charge in [0.15, 0.2) is 0 Å². The minimum Gasteiger partial charge on any atom is -0.287 e. The van der Waals surface area contributed by atoms with Gasteiger partial charge in [-0.2, -0.15) is 0 Å². The molecule has 0 bridgehead atoms. The molecule has 4 unspecified atom stereocenters. The zero-order chi connectivity index (χ0) is 67.2. The normalized spacial score (nSPS) is 36.2. The van der Waals surface area contributed by atoms with Gasteiger partial charge in [0.2, 0.25) is 0 Å². The molecular weight excluding hydrogens is 1370 g/mol. The minimum atomic E-state index is -3.23. The summed E-state index contributed by atoms with van der Waals surface area (Å²) in [4.78, 5) is 0. The van der Waals surface area contributed by atoms with Gasteiger partial charge in [-0.25, -0.2) is 36.5 Å². The molecule has 8 saturated heterocycles. The van der Waals surface area contributed by atoms with Crippen LogP contribution in [0.1, 0.15) is 186 Å². The molecule has 8 rings (SSSR count). The molecule has 552 valence electrons. The predicted molar refractivity (Wildman–Crippen MR) is 343 cm³/mol. The zero-order valence-electron chi connectivity index (χ0n) is 54.9. The number of phosphoric ester groups is 8. The first-order valence-corrected chi connectivity index (χ1v) is 41.4. The topological polar surface area (TPSA) is 358 Å². The molecule has 8 aliphatic heterocycles. The number of hydrogen-bond acceptors (Lipinski definition) is 32. The highest BCUT2D eigenvalue weighted by atomic mass is 31.2. The van der Waals surface area contributed by atoms with Crippen LogP contribution in [0.4, 0.5) is 0 Å². The molecule has 40 heteroatoms. The first-order valence-electron chi connectivity index (χ1n) is 29.7. The lowest BCUT2D eigenvalue weighted by molar-refractivity contribution is 0.00317. The van der Waals surface area contributed by atoms with Crippen LogP contribution in [-0.4, -0.2) is 153 Å². The average Bonchev–Trinajstić information content (AvgIpc) is 2.82. The van der Waals surface area contributed by atoms with Crippen LogP contribution in [0.2, 0.25) is 0 Å². The highest BCUT2D eigenvalue weighted by molar-refractivity contribution is 7.50. The number of rotatable bonds is 16. The minimum absolute atomic E-state index is 0. The van der Waals surface area contributed by atoms with Crippen molar-refractivity contribution in [3.63, 3.8) is 0 Å². The van der Waals surface area contributed by atoms with Gasteiger partial charge < -0.3 is 0 Å². The summed E-state index contributed by atoms with van der Waals surface area (Å²) < 4.78 is 209.